The van der Waals surface area contributed by atoms with E-state index in [9.17, 15) is 8.78 Å². The summed E-state index contributed by atoms with van der Waals surface area (Å²) in [6, 6.07) is 1.98. The predicted octanol–water partition coefficient (Wildman–Crippen LogP) is 2.06. The second-order valence-electron chi connectivity index (χ2n) is 3.06. The molecule has 3 N–H and O–H groups in total. The third-order valence-electron chi connectivity index (χ3n) is 1.93. The molecule has 0 fully saturated rings. The zero-order chi connectivity index (χ0) is 13.1. The normalized spacial score (nSPS) is 11.8. The second-order valence-corrected chi connectivity index (χ2v) is 5.15. The zero-order valence-electron chi connectivity index (χ0n) is 8.67. The quantitative estimate of drug-likeness (QED) is 0.391. The van der Waals surface area contributed by atoms with Crippen LogP contribution < -0.4 is 5.73 Å². The molecule has 2 aromatic rings. The van der Waals surface area contributed by atoms with Crippen molar-refractivity contribution in [3.63, 3.8) is 0 Å². The Hall–Kier alpha value is -1.74. The maximum atomic E-state index is 13.7. The molecule has 18 heavy (non-hydrogen) atoms. The van der Waals surface area contributed by atoms with Crippen LogP contribution in [0.15, 0.2) is 32.0 Å². The molecule has 0 radical (unpaired) electrons. The largest absolute Gasteiger partial charge is 0.409 e. The van der Waals surface area contributed by atoms with Crippen molar-refractivity contribution >= 4 is 28.9 Å². The highest BCUT2D eigenvalue weighted by molar-refractivity contribution is 8.01. The Kier molecular flexibility index (Phi) is 3.72. The van der Waals surface area contributed by atoms with Crippen LogP contribution in [0.5, 0.6) is 0 Å². The standard InChI is InChI=1S/C9H6F2N4OS2/c10-5-1-4(8(12)15-16)2-6(11)7(5)18-9-14-13-3-17-9/h1-3,16H,(H2,12,15). The third kappa shape index (κ3) is 2.57. The van der Waals surface area contributed by atoms with Gasteiger partial charge >= 0.3 is 0 Å². The molecule has 1 heterocycles. The molecule has 0 saturated carbocycles. The van der Waals surface area contributed by atoms with Gasteiger partial charge < -0.3 is 10.9 Å². The number of hydrogen-bond donors (Lipinski definition) is 2. The van der Waals surface area contributed by atoms with Gasteiger partial charge in [-0.25, -0.2) is 8.78 Å². The van der Waals surface area contributed by atoms with Crippen molar-refractivity contribution in [1.29, 1.82) is 0 Å². The van der Waals surface area contributed by atoms with Crippen molar-refractivity contribution in [2.24, 2.45) is 10.9 Å². The van der Waals surface area contributed by atoms with Crippen LogP contribution in [-0.2, 0) is 0 Å². The van der Waals surface area contributed by atoms with E-state index in [1.807, 2.05) is 0 Å². The molecule has 0 unspecified atom stereocenters. The van der Waals surface area contributed by atoms with Gasteiger partial charge in [0.2, 0.25) is 0 Å². The van der Waals surface area contributed by atoms with Crippen LogP contribution in [0.2, 0.25) is 0 Å². The van der Waals surface area contributed by atoms with Crippen LogP contribution in [0.1, 0.15) is 5.56 Å². The second kappa shape index (κ2) is 5.27. The molecule has 0 atom stereocenters. The van der Waals surface area contributed by atoms with E-state index >= 15 is 0 Å². The molecule has 2 rings (SSSR count). The van der Waals surface area contributed by atoms with Gasteiger partial charge in [0.25, 0.3) is 0 Å². The van der Waals surface area contributed by atoms with E-state index < -0.39 is 11.6 Å². The summed E-state index contributed by atoms with van der Waals surface area (Å²) in [5, 5.41) is 18.4. The minimum absolute atomic E-state index is 0.0332. The van der Waals surface area contributed by atoms with Crippen molar-refractivity contribution < 1.29 is 14.0 Å². The Morgan fingerprint density at radius 3 is 2.56 bits per heavy atom. The first-order chi connectivity index (χ1) is 8.61. The van der Waals surface area contributed by atoms with E-state index in [4.69, 9.17) is 10.9 Å². The number of hydrogen-bond acceptors (Lipinski definition) is 6. The molecule has 0 bridgehead atoms. The van der Waals surface area contributed by atoms with Crippen LogP contribution in [-0.4, -0.2) is 21.2 Å². The lowest BCUT2D eigenvalue weighted by molar-refractivity contribution is 0.318. The lowest BCUT2D eigenvalue weighted by Gasteiger charge is -2.05. The minimum Gasteiger partial charge on any atom is -0.409 e. The molecular formula is C9H6F2N4OS2. The number of halogens is 2. The number of amidine groups is 1. The zero-order valence-corrected chi connectivity index (χ0v) is 10.3. The average molecular weight is 288 g/mol. The van der Waals surface area contributed by atoms with Crippen molar-refractivity contribution in [3.8, 4) is 0 Å². The van der Waals surface area contributed by atoms with Crippen molar-refractivity contribution in [3.05, 3.63) is 34.8 Å². The fourth-order valence-electron chi connectivity index (χ4n) is 1.16. The predicted molar refractivity (Wildman–Crippen MR) is 62.9 cm³/mol. The SMILES string of the molecule is N/C(=N/O)c1cc(F)c(Sc2nncs2)c(F)c1. The average Bonchev–Trinajstić information content (AvgIpc) is 2.85. The van der Waals surface area contributed by atoms with Crippen LogP contribution in [0.3, 0.4) is 0 Å². The lowest BCUT2D eigenvalue weighted by atomic mass is 10.2. The highest BCUT2D eigenvalue weighted by Crippen LogP contribution is 2.33. The van der Waals surface area contributed by atoms with Crippen LogP contribution in [0, 0.1) is 11.6 Å². The molecule has 0 aliphatic rings. The minimum atomic E-state index is -0.809. The highest BCUT2D eigenvalue weighted by atomic mass is 32.2. The van der Waals surface area contributed by atoms with E-state index in [-0.39, 0.29) is 16.3 Å². The van der Waals surface area contributed by atoms with Gasteiger partial charge in [-0.15, -0.1) is 10.2 Å². The van der Waals surface area contributed by atoms with Gasteiger partial charge in [0.1, 0.15) is 17.1 Å². The number of nitrogens with zero attached hydrogens (tertiary/aromatic N) is 3. The van der Waals surface area contributed by atoms with Crippen molar-refractivity contribution in [2.75, 3.05) is 0 Å². The van der Waals surface area contributed by atoms with Gasteiger partial charge in [0.05, 0.1) is 4.90 Å². The Balaban J connectivity index is 2.38. The van der Waals surface area contributed by atoms with Gasteiger partial charge in [0, 0.05) is 5.56 Å². The van der Waals surface area contributed by atoms with E-state index in [1.54, 1.807) is 0 Å². The van der Waals surface area contributed by atoms with Gasteiger partial charge in [0.15, 0.2) is 10.2 Å². The molecule has 0 aliphatic heterocycles. The molecule has 94 valence electrons. The Morgan fingerprint density at radius 2 is 2.06 bits per heavy atom. The monoisotopic (exact) mass is 288 g/mol. The first-order valence-electron chi connectivity index (χ1n) is 4.52. The summed E-state index contributed by atoms with van der Waals surface area (Å²) in [4.78, 5) is -0.207. The summed E-state index contributed by atoms with van der Waals surface area (Å²) in [6.45, 7) is 0. The molecular weight excluding hydrogens is 282 g/mol. The van der Waals surface area contributed by atoms with E-state index in [2.05, 4.69) is 15.4 Å². The van der Waals surface area contributed by atoms with E-state index in [1.165, 1.54) is 16.8 Å². The maximum Gasteiger partial charge on any atom is 0.179 e. The molecule has 0 aliphatic carbocycles. The fraction of sp³-hybridized carbons (Fsp3) is 0. The molecule has 1 aromatic carbocycles. The lowest BCUT2D eigenvalue weighted by Crippen LogP contribution is -2.14. The number of rotatable bonds is 3. The van der Waals surface area contributed by atoms with Gasteiger partial charge in [-0.2, -0.15) is 0 Å². The molecule has 9 heteroatoms. The summed E-state index contributed by atoms with van der Waals surface area (Å²) in [7, 11) is 0. The van der Waals surface area contributed by atoms with Gasteiger partial charge in [-0.05, 0) is 12.1 Å². The van der Waals surface area contributed by atoms with Crippen molar-refractivity contribution in [1.82, 2.24) is 10.2 Å². The smallest absolute Gasteiger partial charge is 0.179 e. The summed E-state index contributed by atoms with van der Waals surface area (Å²) in [6.07, 6.45) is 0. The highest BCUT2D eigenvalue weighted by Gasteiger charge is 2.15. The first kappa shape index (κ1) is 12.7. The molecule has 0 saturated heterocycles. The molecule has 0 amide bonds. The Labute approximate surface area is 108 Å². The number of benzene rings is 1. The number of oxime groups is 1. The van der Waals surface area contributed by atoms with Crippen molar-refractivity contribution in [2.45, 2.75) is 9.24 Å². The fourth-order valence-corrected chi connectivity index (χ4v) is 2.58. The Morgan fingerprint density at radius 1 is 1.39 bits per heavy atom. The topological polar surface area (TPSA) is 84.4 Å². The molecule has 0 spiro atoms. The summed E-state index contributed by atoms with van der Waals surface area (Å²) in [5.74, 6) is -1.98. The molecule has 1 aromatic heterocycles. The van der Waals surface area contributed by atoms with E-state index in [0.29, 0.717) is 4.34 Å². The maximum absolute atomic E-state index is 13.7. The van der Waals surface area contributed by atoms with Crippen LogP contribution in [0.25, 0.3) is 0 Å². The number of nitrogens with two attached hydrogens (primary N) is 1. The van der Waals surface area contributed by atoms with E-state index in [0.717, 1.165) is 23.9 Å². The Bertz CT molecular complexity index is 565. The summed E-state index contributed by atoms with van der Waals surface area (Å²) in [5.41, 5.74) is 6.69. The molecule has 5 nitrogen and oxygen atoms in total. The van der Waals surface area contributed by atoms with Gasteiger partial charge in [-0.1, -0.05) is 28.3 Å². The first-order valence-corrected chi connectivity index (χ1v) is 6.22. The van der Waals surface area contributed by atoms with Gasteiger partial charge in [-0.3, -0.25) is 0 Å². The number of aromatic nitrogens is 2. The summed E-state index contributed by atoms with van der Waals surface area (Å²) >= 11 is 2.00. The van der Waals surface area contributed by atoms with Crippen LogP contribution >= 0.6 is 23.1 Å². The summed E-state index contributed by atoms with van der Waals surface area (Å²) < 4.78 is 27.8. The van der Waals surface area contributed by atoms with Crippen LogP contribution in [0.4, 0.5) is 8.78 Å². The third-order valence-corrected chi connectivity index (χ3v) is 3.80.